The van der Waals surface area contributed by atoms with Gasteiger partial charge in [-0.05, 0) is 62.3 Å². The minimum absolute atomic E-state index is 0.671. The summed E-state index contributed by atoms with van der Waals surface area (Å²) in [7, 11) is 4.18. The van der Waals surface area contributed by atoms with Crippen LogP contribution >= 0.6 is 0 Å². The van der Waals surface area contributed by atoms with Crippen LogP contribution in [0.1, 0.15) is 38.2 Å². The van der Waals surface area contributed by atoms with E-state index in [9.17, 15) is 0 Å². The lowest BCUT2D eigenvalue weighted by Crippen LogP contribution is -2.25. The highest BCUT2D eigenvalue weighted by Crippen LogP contribution is 2.28. The molecule has 1 saturated carbocycles. The molecule has 2 rings (SSSR count). The van der Waals surface area contributed by atoms with Crippen LogP contribution in [0.15, 0.2) is 18.2 Å². The van der Waals surface area contributed by atoms with E-state index in [0.717, 1.165) is 5.92 Å². The molecule has 0 aliphatic heterocycles. The Balaban J connectivity index is 2.01. The van der Waals surface area contributed by atoms with Crippen LogP contribution in [0.25, 0.3) is 0 Å². The summed E-state index contributed by atoms with van der Waals surface area (Å²) < 4.78 is 0. The first-order valence-corrected chi connectivity index (χ1v) is 7.11. The fraction of sp³-hybridized carbons (Fsp3) is 0.625. The van der Waals surface area contributed by atoms with Crippen LogP contribution in [0.3, 0.4) is 0 Å². The molecule has 1 aliphatic rings. The summed E-state index contributed by atoms with van der Waals surface area (Å²) in [5.74, 6) is 0.917. The van der Waals surface area contributed by atoms with Gasteiger partial charge in [-0.15, -0.1) is 0 Å². The number of nitrogens with one attached hydrogen (secondary N) is 1. The van der Waals surface area contributed by atoms with E-state index >= 15 is 0 Å². The summed E-state index contributed by atoms with van der Waals surface area (Å²) in [6.45, 7) is 4.56. The van der Waals surface area contributed by atoms with E-state index < -0.39 is 0 Å². The Hall–Kier alpha value is -1.18. The van der Waals surface area contributed by atoms with Crippen molar-refractivity contribution in [2.24, 2.45) is 5.92 Å². The lowest BCUT2D eigenvalue weighted by atomic mass is 9.87. The Kier molecular flexibility index (Phi) is 4.15. The van der Waals surface area contributed by atoms with Gasteiger partial charge in [-0.1, -0.05) is 6.92 Å². The van der Waals surface area contributed by atoms with Gasteiger partial charge in [0.05, 0.1) is 0 Å². The largest absolute Gasteiger partial charge is 0.382 e. The second-order valence-electron chi connectivity index (χ2n) is 5.99. The molecule has 1 aromatic rings. The lowest BCUT2D eigenvalue weighted by molar-refractivity contribution is 0.361. The van der Waals surface area contributed by atoms with Gasteiger partial charge in [-0.25, -0.2) is 0 Å². The van der Waals surface area contributed by atoms with Gasteiger partial charge < -0.3 is 10.2 Å². The Morgan fingerprint density at radius 3 is 2.33 bits per heavy atom. The monoisotopic (exact) mass is 246 g/mol. The molecule has 0 saturated heterocycles. The molecule has 1 aliphatic carbocycles. The standard InChI is InChI=1S/C16H26N2/c1-12-5-7-14(8-6-12)17-16-10-9-15(18(3)4)11-13(16)2/h9-12,14,17H,5-8H2,1-4H3. The quantitative estimate of drug-likeness (QED) is 0.865. The summed E-state index contributed by atoms with van der Waals surface area (Å²) >= 11 is 0. The zero-order chi connectivity index (χ0) is 13.1. The molecule has 18 heavy (non-hydrogen) atoms. The van der Waals surface area contributed by atoms with E-state index in [2.05, 4.69) is 56.4 Å². The Morgan fingerprint density at radius 1 is 1.11 bits per heavy atom. The number of rotatable bonds is 3. The summed E-state index contributed by atoms with van der Waals surface area (Å²) in [6.07, 6.45) is 5.37. The first-order chi connectivity index (χ1) is 8.56. The van der Waals surface area contributed by atoms with E-state index in [1.807, 2.05) is 0 Å². The average Bonchev–Trinajstić information content (AvgIpc) is 2.34. The fourth-order valence-electron chi connectivity index (χ4n) is 2.71. The van der Waals surface area contributed by atoms with Crippen molar-refractivity contribution in [1.29, 1.82) is 0 Å². The predicted molar refractivity (Wildman–Crippen MR) is 80.5 cm³/mol. The smallest absolute Gasteiger partial charge is 0.0373 e. The molecule has 1 N–H and O–H groups in total. The van der Waals surface area contributed by atoms with Crippen LogP contribution in [-0.2, 0) is 0 Å². The second kappa shape index (κ2) is 5.64. The van der Waals surface area contributed by atoms with Crippen LogP contribution in [0.5, 0.6) is 0 Å². The number of nitrogens with zero attached hydrogens (tertiary/aromatic N) is 1. The van der Waals surface area contributed by atoms with E-state index in [4.69, 9.17) is 0 Å². The van der Waals surface area contributed by atoms with Crippen LogP contribution in [-0.4, -0.2) is 20.1 Å². The molecule has 0 heterocycles. The zero-order valence-corrected chi connectivity index (χ0v) is 12.2. The van der Waals surface area contributed by atoms with Crippen molar-refractivity contribution in [3.63, 3.8) is 0 Å². The molecule has 0 aromatic heterocycles. The summed E-state index contributed by atoms with van der Waals surface area (Å²) in [4.78, 5) is 2.15. The van der Waals surface area contributed by atoms with E-state index in [0.29, 0.717) is 6.04 Å². The Morgan fingerprint density at radius 2 is 1.78 bits per heavy atom. The van der Waals surface area contributed by atoms with Crippen LogP contribution in [0.4, 0.5) is 11.4 Å². The van der Waals surface area contributed by atoms with Crippen molar-refractivity contribution in [3.05, 3.63) is 23.8 Å². The SMILES string of the molecule is Cc1cc(N(C)C)ccc1NC1CCC(C)CC1. The van der Waals surface area contributed by atoms with Crippen molar-refractivity contribution in [2.45, 2.75) is 45.6 Å². The van der Waals surface area contributed by atoms with Crippen molar-refractivity contribution in [2.75, 3.05) is 24.3 Å². The molecule has 0 amide bonds. The summed E-state index contributed by atoms with van der Waals surface area (Å²) in [5, 5.41) is 3.72. The topological polar surface area (TPSA) is 15.3 Å². The predicted octanol–water partition coefficient (Wildman–Crippen LogP) is 4.05. The maximum absolute atomic E-state index is 3.72. The second-order valence-corrected chi connectivity index (χ2v) is 5.99. The molecule has 0 unspecified atom stereocenters. The minimum atomic E-state index is 0.671. The normalized spacial score (nSPS) is 23.8. The highest BCUT2D eigenvalue weighted by atomic mass is 15.1. The molecule has 1 aromatic carbocycles. The van der Waals surface area contributed by atoms with Crippen LogP contribution in [0.2, 0.25) is 0 Å². The molecule has 1 fully saturated rings. The number of hydrogen-bond acceptors (Lipinski definition) is 2. The summed E-state index contributed by atoms with van der Waals surface area (Å²) in [5.41, 5.74) is 3.93. The van der Waals surface area contributed by atoms with Crippen LogP contribution in [0, 0.1) is 12.8 Å². The van der Waals surface area contributed by atoms with Crippen molar-refractivity contribution in [1.82, 2.24) is 0 Å². The number of aryl methyl sites for hydroxylation is 1. The number of hydrogen-bond donors (Lipinski definition) is 1. The maximum Gasteiger partial charge on any atom is 0.0373 e. The van der Waals surface area contributed by atoms with Gasteiger partial charge in [0.25, 0.3) is 0 Å². The van der Waals surface area contributed by atoms with Crippen molar-refractivity contribution < 1.29 is 0 Å². The van der Waals surface area contributed by atoms with Crippen LogP contribution < -0.4 is 10.2 Å². The highest BCUT2D eigenvalue weighted by molar-refractivity contribution is 5.60. The third kappa shape index (κ3) is 3.18. The van der Waals surface area contributed by atoms with Crippen molar-refractivity contribution >= 4 is 11.4 Å². The molecular weight excluding hydrogens is 220 g/mol. The van der Waals surface area contributed by atoms with Gasteiger partial charge in [0.1, 0.15) is 0 Å². The molecule has 0 spiro atoms. The lowest BCUT2D eigenvalue weighted by Gasteiger charge is -2.28. The van der Waals surface area contributed by atoms with E-state index in [1.54, 1.807) is 0 Å². The van der Waals surface area contributed by atoms with E-state index in [-0.39, 0.29) is 0 Å². The first kappa shape index (κ1) is 13.3. The third-order valence-electron chi connectivity index (χ3n) is 4.10. The van der Waals surface area contributed by atoms with Gasteiger partial charge in [-0.2, -0.15) is 0 Å². The highest BCUT2D eigenvalue weighted by Gasteiger charge is 2.18. The molecule has 0 radical (unpaired) electrons. The Labute approximate surface area is 111 Å². The molecule has 0 atom stereocenters. The minimum Gasteiger partial charge on any atom is -0.382 e. The van der Waals surface area contributed by atoms with Gasteiger partial charge in [0.2, 0.25) is 0 Å². The first-order valence-electron chi connectivity index (χ1n) is 7.11. The molecule has 100 valence electrons. The summed E-state index contributed by atoms with van der Waals surface area (Å²) in [6, 6.07) is 7.35. The van der Waals surface area contributed by atoms with Gasteiger partial charge in [-0.3, -0.25) is 0 Å². The molecule has 2 nitrogen and oxygen atoms in total. The fourth-order valence-corrected chi connectivity index (χ4v) is 2.71. The number of anilines is 2. The molecular formula is C16H26N2. The van der Waals surface area contributed by atoms with E-state index in [1.165, 1.54) is 42.6 Å². The maximum atomic E-state index is 3.72. The third-order valence-corrected chi connectivity index (χ3v) is 4.10. The van der Waals surface area contributed by atoms with Gasteiger partial charge >= 0.3 is 0 Å². The van der Waals surface area contributed by atoms with Gasteiger partial charge in [0, 0.05) is 31.5 Å². The van der Waals surface area contributed by atoms with Crippen molar-refractivity contribution in [3.8, 4) is 0 Å². The number of benzene rings is 1. The van der Waals surface area contributed by atoms with Gasteiger partial charge in [0.15, 0.2) is 0 Å². The Bertz CT molecular complexity index is 390. The zero-order valence-electron chi connectivity index (χ0n) is 12.2. The molecule has 2 heteroatoms. The average molecular weight is 246 g/mol. The molecule has 0 bridgehead atoms.